The lowest BCUT2D eigenvalue weighted by Crippen LogP contribution is -2.29. The third-order valence-corrected chi connectivity index (χ3v) is 5.32. The summed E-state index contributed by atoms with van der Waals surface area (Å²) in [6.07, 6.45) is 0. The Bertz CT molecular complexity index is 1030. The molecule has 0 unspecified atom stereocenters. The van der Waals surface area contributed by atoms with Crippen molar-refractivity contribution < 1.29 is 26.9 Å². The summed E-state index contributed by atoms with van der Waals surface area (Å²) in [6.45, 7) is 1.99. The highest BCUT2D eigenvalue weighted by molar-refractivity contribution is 7.85. The van der Waals surface area contributed by atoms with Crippen LogP contribution >= 0.6 is 11.3 Å². The van der Waals surface area contributed by atoms with Crippen LogP contribution in [0, 0.1) is 22.9 Å². The standard InChI is InChI=1S/C9H9FNS.C6H5NO5S/c1-6-11(2)9-7(10)4-3-5-8(9)12-6;8-7(9)5-1-3-6(4-2-5)13(10,11)12/h3-5H,1-2H3;1-4H,(H,10,11,12)/q+1;/p-1. The van der Waals surface area contributed by atoms with E-state index in [9.17, 15) is 27.5 Å². The van der Waals surface area contributed by atoms with Crippen LogP contribution in [0.15, 0.2) is 47.4 Å². The number of para-hydroxylation sites is 1. The van der Waals surface area contributed by atoms with Crippen molar-refractivity contribution in [2.45, 2.75) is 11.8 Å². The average molecular weight is 384 g/mol. The number of nitrogens with zero attached hydrogens (tertiary/aromatic N) is 2. The first-order chi connectivity index (χ1) is 11.6. The molecule has 132 valence electrons. The summed E-state index contributed by atoms with van der Waals surface area (Å²) in [7, 11) is -2.63. The van der Waals surface area contributed by atoms with Gasteiger partial charge in [-0.2, -0.15) is 8.96 Å². The van der Waals surface area contributed by atoms with Crippen LogP contribution in [0.3, 0.4) is 0 Å². The Labute approximate surface area is 146 Å². The van der Waals surface area contributed by atoms with Gasteiger partial charge in [0, 0.05) is 19.1 Å². The van der Waals surface area contributed by atoms with E-state index in [2.05, 4.69) is 0 Å². The number of benzene rings is 2. The number of non-ortho nitro benzene ring substituents is 1. The maximum atomic E-state index is 13.2. The second kappa shape index (κ2) is 7.21. The number of rotatable bonds is 2. The van der Waals surface area contributed by atoms with Gasteiger partial charge in [0.2, 0.25) is 5.01 Å². The van der Waals surface area contributed by atoms with Gasteiger partial charge in [0.05, 0.1) is 9.82 Å². The van der Waals surface area contributed by atoms with Gasteiger partial charge in [0.1, 0.15) is 21.9 Å². The molecule has 7 nitrogen and oxygen atoms in total. The van der Waals surface area contributed by atoms with Gasteiger partial charge < -0.3 is 4.55 Å². The minimum atomic E-state index is -4.52. The third kappa shape index (κ3) is 4.35. The first kappa shape index (κ1) is 18.9. The smallest absolute Gasteiger partial charge is 0.269 e. The van der Waals surface area contributed by atoms with Crippen LogP contribution in [0.4, 0.5) is 10.1 Å². The Hall–Kier alpha value is -2.43. The van der Waals surface area contributed by atoms with Crippen molar-refractivity contribution in [1.29, 1.82) is 0 Å². The van der Waals surface area contributed by atoms with Gasteiger partial charge in [-0.15, -0.1) is 0 Å². The molecule has 25 heavy (non-hydrogen) atoms. The molecule has 1 heterocycles. The van der Waals surface area contributed by atoms with Crippen molar-refractivity contribution in [3.63, 3.8) is 0 Å². The van der Waals surface area contributed by atoms with E-state index in [1.807, 2.05) is 24.6 Å². The molecule has 1 aromatic heterocycles. The Morgan fingerprint density at radius 3 is 2.24 bits per heavy atom. The molecule has 3 aromatic rings. The number of nitro groups is 1. The predicted octanol–water partition coefficient (Wildman–Crippen LogP) is 2.67. The van der Waals surface area contributed by atoms with Gasteiger partial charge >= 0.3 is 0 Å². The zero-order valence-corrected chi connectivity index (χ0v) is 14.8. The van der Waals surface area contributed by atoms with Crippen LogP contribution < -0.4 is 4.57 Å². The van der Waals surface area contributed by atoms with Gasteiger partial charge in [0.15, 0.2) is 5.82 Å². The lowest BCUT2D eigenvalue weighted by molar-refractivity contribution is -0.647. The molecule has 0 N–H and O–H groups in total. The second-order valence-electron chi connectivity index (χ2n) is 4.97. The SMILES string of the molecule is Cc1sc2cccc(F)c2[n+]1C.O=[N+]([O-])c1ccc(S(=O)(=O)[O-])cc1. The molecule has 0 saturated heterocycles. The quantitative estimate of drug-likeness (QED) is 0.292. The molecule has 0 atom stereocenters. The molecule has 0 saturated carbocycles. The molecular weight excluding hydrogens is 371 g/mol. The van der Waals surface area contributed by atoms with Crippen molar-refractivity contribution in [2.24, 2.45) is 7.05 Å². The number of thiazole rings is 1. The van der Waals surface area contributed by atoms with E-state index in [4.69, 9.17) is 0 Å². The molecule has 0 aliphatic heterocycles. The molecular formula is C15H13FN2O5S2. The van der Waals surface area contributed by atoms with Gasteiger partial charge in [0.25, 0.3) is 11.2 Å². The zero-order valence-electron chi connectivity index (χ0n) is 13.2. The molecule has 10 heteroatoms. The summed E-state index contributed by atoms with van der Waals surface area (Å²) < 4.78 is 47.3. The van der Waals surface area contributed by atoms with E-state index in [0.29, 0.717) is 5.52 Å². The lowest BCUT2D eigenvalue weighted by Gasteiger charge is -2.04. The molecule has 2 aromatic carbocycles. The van der Waals surface area contributed by atoms with Crippen LogP contribution in [-0.4, -0.2) is 17.9 Å². The topological polar surface area (TPSA) is 104 Å². The third-order valence-electron chi connectivity index (χ3n) is 3.35. The van der Waals surface area contributed by atoms with Gasteiger partial charge in [-0.05, 0) is 24.3 Å². The zero-order chi connectivity index (χ0) is 18.8. The van der Waals surface area contributed by atoms with Crippen LogP contribution in [-0.2, 0) is 17.2 Å². The van der Waals surface area contributed by atoms with Gasteiger partial charge in [-0.25, -0.2) is 8.42 Å². The lowest BCUT2D eigenvalue weighted by atomic mass is 10.3. The molecule has 0 bridgehead atoms. The summed E-state index contributed by atoms with van der Waals surface area (Å²) in [5.74, 6) is -0.139. The monoisotopic (exact) mass is 384 g/mol. The van der Waals surface area contributed by atoms with Gasteiger partial charge in [-0.1, -0.05) is 17.4 Å². The number of fused-ring (bicyclic) bond motifs is 1. The Morgan fingerprint density at radius 2 is 1.76 bits per heavy atom. The fraction of sp³-hybridized carbons (Fsp3) is 0.133. The Morgan fingerprint density at radius 1 is 1.16 bits per heavy atom. The maximum absolute atomic E-state index is 13.2. The van der Waals surface area contributed by atoms with Crippen LogP contribution in [0.1, 0.15) is 5.01 Å². The molecule has 0 radical (unpaired) electrons. The van der Waals surface area contributed by atoms with E-state index >= 15 is 0 Å². The largest absolute Gasteiger partial charge is 0.744 e. The molecule has 0 aliphatic rings. The number of aryl methyl sites for hydroxylation is 2. The van der Waals surface area contributed by atoms with Crippen LogP contribution in [0.5, 0.6) is 0 Å². The van der Waals surface area contributed by atoms with E-state index < -0.39 is 19.9 Å². The molecule has 0 fully saturated rings. The highest BCUT2D eigenvalue weighted by atomic mass is 32.2. The number of nitro benzene ring substituents is 1. The van der Waals surface area contributed by atoms with Crippen LogP contribution in [0.25, 0.3) is 10.2 Å². The van der Waals surface area contributed by atoms with E-state index in [0.717, 1.165) is 34.0 Å². The summed E-state index contributed by atoms with van der Waals surface area (Å²) in [4.78, 5) is 8.99. The predicted molar refractivity (Wildman–Crippen MR) is 88.8 cm³/mol. The second-order valence-corrected chi connectivity index (χ2v) is 7.59. The highest BCUT2D eigenvalue weighted by Crippen LogP contribution is 2.21. The van der Waals surface area contributed by atoms with Gasteiger partial charge in [-0.3, -0.25) is 10.1 Å². The fourth-order valence-electron chi connectivity index (χ4n) is 2.02. The minimum Gasteiger partial charge on any atom is -0.744 e. The van der Waals surface area contributed by atoms with Crippen LogP contribution in [0.2, 0.25) is 0 Å². The van der Waals surface area contributed by atoms with Crippen molar-refractivity contribution in [2.75, 3.05) is 0 Å². The number of hydrogen-bond donors (Lipinski definition) is 0. The molecule has 0 amide bonds. The summed E-state index contributed by atoms with van der Waals surface area (Å²) >= 11 is 1.62. The average Bonchev–Trinajstić information content (AvgIpc) is 2.83. The molecule has 0 aliphatic carbocycles. The number of hydrogen-bond acceptors (Lipinski definition) is 6. The molecule has 0 spiro atoms. The van der Waals surface area contributed by atoms with Crippen molar-refractivity contribution >= 4 is 37.4 Å². The van der Waals surface area contributed by atoms with E-state index in [1.54, 1.807) is 17.4 Å². The fourth-order valence-corrected chi connectivity index (χ4v) is 3.52. The summed E-state index contributed by atoms with van der Waals surface area (Å²) in [5, 5.41) is 11.3. The van der Waals surface area contributed by atoms with Crippen molar-refractivity contribution in [1.82, 2.24) is 0 Å². The van der Waals surface area contributed by atoms with E-state index in [-0.39, 0.29) is 11.5 Å². The van der Waals surface area contributed by atoms with Crippen molar-refractivity contribution in [3.05, 3.63) is 63.4 Å². The Balaban J connectivity index is 0.000000181. The molecule has 3 rings (SSSR count). The first-order valence-electron chi connectivity index (χ1n) is 6.85. The maximum Gasteiger partial charge on any atom is 0.269 e. The Kier molecular flexibility index (Phi) is 5.45. The highest BCUT2D eigenvalue weighted by Gasteiger charge is 2.16. The number of halogens is 1. The number of aromatic nitrogens is 1. The van der Waals surface area contributed by atoms with E-state index in [1.165, 1.54) is 6.07 Å². The summed E-state index contributed by atoms with van der Waals surface area (Å²) in [5.41, 5.74) is 0.451. The van der Waals surface area contributed by atoms with Crippen molar-refractivity contribution in [3.8, 4) is 0 Å². The minimum absolute atomic E-state index is 0.139. The first-order valence-corrected chi connectivity index (χ1v) is 9.07. The normalized spacial score (nSPS) is 11.0. The summed E-state index contributed by atoms with van der Waals surface area (Å²) in [6, 6.07) is 8.91.